The molecule has 1 aliphatic carbocycles. The van der Waals surface area contributed by atoms with Crippen LogP contribution in [0.25, 0.3) is 11.1 Å². The summed E-state index contributed by atoms with van der Waals surface area (Å²) in [7, 11) is 0. The van der Waals surface area contributed by atoms with Gasteiger partial charge in [0.15, 0.2) is 0 Å². The molecule has 166 valence electrons. The first-order valence-electron chi connectivity index (χ1n) is 11.1. The second-order valence-corrected chi connectivity index (χ2v) is 8.90. The minimum absolute atomic E-state index is 0. The Labute approximate surface area is 222 Å². The fourth-order valence-corrected chi connectivity index (χ4v) is 4.43. The second-order valence-electron chi connectivity index (χ2n) is 8.47. The number of aliphatic hydroxyl groups excluding tert-OH is 1. The van der Waals surface area contributed by atoms with E-state index in [1.807, 2.05) is 36.4 Å². The van der Waals surface area contributed by atoms with Crippen LogP contribution in [-0.4, -0.2) is 23.7 Å². The standard InChI is InChI=1S/C27H28ClNO3.Na/c28-24-11-8-21(9-12-24)26(30)17-29-25-13-10-20-6-7-22(15-23(20)16-25)19-4-1-18(2-5-19)3-14-27(31)32;/h1-2,4-9,11-12,15,25-26,29-30H,3,10,13-14,16-17H2,(H,31,32);/q;+1/p-1/t25-,26+;/m0./s1. The number of nitrogens with one attached hydrogen (secondary N) is 1. The average molecular weight is 472 g/mol. The molecule has 0 radical (unpaired) electrons. The van der Waals surface area contributed by atoms with E-state index >= 15 is 0 Å². The number of halogens is 1. The number of aryl methyl sites for hydroxylation is 2. The van der Waals surface area contributed by atoms with Gasteiger partial charge < -0.3 is 20.3 Å². The maximum Gasteiger partial charge on any atom is 1.00 e. The van der Waals surface area contributed by atoms with Crippen molar-refractivity contribution in [2.45, 2.75) is 44.2 Å². The molecule has 0 saturated heterocycles. The van der Waals surface area contributed by atoms with E-state index in [0.29, 0.717) is 24.0 Å². The van der Waals surface area contributed by atoms with Gasteiger partial charge in [-0.15, -0.1) is 0 Å². The zero-order valence-electron chi connectivity index (χ0n) is 18.9. The molecule has 0 aliphatic heterocycles. The van der Waals surface area contributed by atoms with Crippen molar-refractivity contribution in [2.75, 3.05) is 6.54 Å². The number of hydrogen-bond acceptors (Lipinski definition) is 4. The Morgan fingerprint density at radius 2 is 1.73 bits per heavy atom. The van der Waals surface area contributed by atoms with Gasteiger partial charge in [-0.3, -0.25) is 0 Å². The molecule has 0 amide bonds. The van der Waals surface area contributed by atoms with E-state index in [0.717, 1.165) is 41.5 Å². The van der Waals surface area contributed by atoms with Gasteiger partial charge in [0.1, 0.15) is 0 Å². The number of carbonyl (C=O) groups excluding carboxylic acids is 1. The fourth-order valence-electron chi connectivity index (χ4n) is 4.30. The first kappa shape index (κ1) is 26.0. The molecule has 3 aromatic rings. The molecule has 33 heavy (non-hydrogen) atoms. The van der Waals surface area contributed by atoms with Crippen LogP contribution in [0.2, 0.25) is 5.02 Å². The number of fused-ring (bicyclic) bond motifs is 1. The zero-order valence-corrected chi connectivity index (χ0v) is 21.6. The van der Waals surface area contributed by atoms with Crippen LogP contribution in [0.1, 0.15) is 41.2 Å². The summed E-state index contributed by atoms with van der Waals surface area (Å²) in [4.78, 5) is 10.7. The van der Waals surface area contributed by atoms with Crippen LogP contribution in [0.4, 0.5) is 0 Å². The first-order chi connectivity index (χ1) is 15.5. The summed E-state index contributed by atoms with van der Waals surface area (Å²) in [6.45, 7) is 0.509. The van der Waals surface area contributed by atoms with Crippen LogP contribution in [0.5, 0.6) is 0 Å². The summed E-state index contributed by atoms with van der Waals surface area (Å²) in [5, 5.41) is 25.3. The summed E-state index contributed by atoms with van der Waals surface area (Å²) in [6.07, 6.45) is 2.97. The third-order valence-electron chi connectivity index (χ3n) is 6.19. The Balaban J connectivity index is 0.00000306. The summed E-state index contributed by atoms with van der Waals surface area (Å²) in [6, 6.07) is 22.4. The van der Waals surface area contributed by atoms with Crippen molar-refractivity contribution < 1.29 is 44.6 Å². The van der Waals surface area contributed by atoms with E-state index in [2.05, 4.69) is 23.5 Å². The molecule has 1 aliphatic rings. The third kappa shape index (κ3) is 7.16. The maximum atomic E-state index is 10.7. The predicted octanol–water partition coefficient (Wildman–Crippen LogP) is 0.874. The molecule has 0 aromatic heterocycles. The van der Waals surface area contributed by atoms with Crippen molar-refractivity contribution >= 4 is 17.6 Å². The number of carboxylic acid groups (broad SMARTS) is 1. The molecule has 0 fully saturated rings. The van der Waals surface area contributed by atoms with Crippen LogP contribution in [0.3, 0.4) is 0 Å². The number of rotatable bonds is 8. The van der Waals surface area contributed by atoms with Gasteiger partial charge in [-0.25, -0.2) is 0 Å². The van der Waals surface area contributed by atoms with Gasteiger partial charge in [-0.05, 0) is 77.6 Å². The van der Waals surface area contributed by atoms with Crippen LogP contribution in [0.15, 0.2) is 66.7 Å². The number of benzene rings is 3. The normalized spacial score (nSPS) is 15.9. The quantitative estimate of drug-likeness (QED) is 0.478. The van der Waals surface area contributed by atoms with Crippen molar-refractivity contribution in [1.82, 2.24) is 5.32 Å². The van der Waals surface area contributed by atoms with Crippen LogP contribution >= 0.6 is 11.6 Å². The molecule has 2 atom stereocenters. The number of aliphatic hydroxyl groups is 1. The molecule has 0 saturated carbocycles. The monoisotopic (exact) mass is 471 g/mol. The van der Waals surface area contributed by atoms with E-state index in [-0.39, 0.29) is 36.0 Å². The van der Waals surface area contributed by atoms with Crippen molar-refractivity contribution in [3.05, 3.63) is 94.0 Å². The van der Waals surface area contributed by atoms with Gasteiger partial charge in [0.05, 0.1) is 6.10 Å². The predicted molar refractivity (Wildman–Crippen MR) is 125 cm³/mol. The van der Waals surface area contributed by atoms with E-state index in [1.165, 1.54) is 11.1 Å². The van der Waals surface area contributed by atoms with Crippen molar-refractivity contribution in [3.63, 3.8) is 0 Å². The van der Waals surface area contributed by atoms with Gasteiger partial charge in [-0.1, -0.05) is 66.2 Å². The zero-order chi connectivity index (χ0) is 22.5. The second kappa shape index (κ2) is 12.2. The Morgan fingerprint density at radius 1 is 1.03 bits per heavy atom. The van der Waals surface area contributed by atoms with E-state index < -0.39 is 12.1 Å². The summed E-state index contributed by atoms with van der Waals surface area (Å²) in [5.41, 5.74) is 6.88. The Bertz CT molecular complexity index is 1070. The number of aliphatic carboxylic acids is 1. The van der Waals surface area contributed by atoms with Crippen molar-refractivity contribution in [2.24, 2.45) is 0 Å². The maximum absolute atomic E-state index is 10.7. The largest absolute Gasteiger partial charge is 1.00 e. The van der Waals surface area contributed by atoms with Crippen molar-refractivity contribution in [1.29, 1.82) is 0 Å². The van der Waals surface area contributed by atoms with Crippen LogP contribution in [0, 0.1) is 0 Å². The molecule has 0 unspecified atom stereocenters. The molecule has 6 heteroatoms. The van der Waals surface area contributed by atoms with Crippen molar-refractivity contribution in [3.8, 4) is 11.1 Å². The minimum atomic E-state index is -1.02. The van der Waals surface area contributed by atoms with E-state index in [1.54, 1.807) is 12.1 Å². The number of hydrogen-bond donors (Lipinski definition) is 2. The number of carboxylic acids is 1. The molecule has 0 bridgehead atoms. The fraction of sp³-hybridized carbons (Fsp3) is 0.296. The van der Waals surface area contributed by atoms with Gasteiger partial charge in [-0.2, -0.15) is 0 Å². The third-order valence-corrected chi connectivity index (χ3v) is 6.45. The summed E-state index contributed by atoms with van der Waals surface area (Å²) < 4.78 is 0. The topological polar surface area (TPSA) is 72.4 Å². The molecular weight excluding hydrogens is 445 g/mol. The molecule has 2 N–H and O–H groups in total. The molecule has 0 heterocycles. The Morgan fingerprint density at radius 3 is 2.42 bits per heavy atom. The van der Waals surface area contributed by atoms with E-state index in [4.69, 9.17) is 11.6 Å². The minimum Gasteiger partial charge on any atom is -0.550 e. The first-order valence-corrected chi connectivity index (χ1v) is 11.4. The van der Waals surface area contributed by atoms with Crippen LogP contribution < -0.4 is 40.0 Å². The molecular formula is C27H27ClNNaO3. The summed E-state index contributed by atoms with van der Waals surface area (Å²) in [5.74, 6) is -1.02. The smallest absolute Gasteiger partial charge is 0.550 e. The molecule has 0 spiro atoms. The Kier molecular flexibility index (Phi) is 9.57. The van der Waals surface area contributed by atoms with Gasteiger partial charge in [0, 0.05) is 23.6 Å². The van der Waals surface area contributed by atoms with Gasteiger partial charge in [0.25, 0.3) is 0 Å². The van der Waals surface area contributed by atoms with E-state index in [9.17, 15) is 15.0 Å². The molecule has 4 rings (SSSR count). The molecule has 3 aromatic carbocycles. The SMILES string of the molecule is O=C([O-])CCc1ccc(-c2ccc3c(c2)C[C@@H](NC[C@@H](O)c2ccc(Cl)cc2)CC3)cc1.[Na+]. The Hall–Kier alpha value is -1.66. The van der Waals surface area contributed by atoms with Crippen LogP contribution in [-0.2, 0) is 24.1 Å². The average Bonchev–Trinajstić information content (AvgIpc) is 2.81. The molecule has 4 nitrogen and oxygen atoms in total. The van der Waals surface area contributed by atoms with Gasteiger partial charge in [0.2, 0.25) is 0 Å². The summed E-state index contributed by atoms with van der Waals surface area (Å²) >= 11 is 5.93. The number of carbonyl (C=O) groups is 1. The van der Waals surface area contributed by atoms with Gasteiger partial charge >= 0.3 is 29.6 Å².